The number of sulfonamides is 1. The zero-order chi connectivity index (χ0) is 23.0. The van der Waals surface area contributed by atoms with Crippen molar-refractivity contribution in [2.45, 2.75) is 30.7 Å². The lowest BCUT2D eigenvalue weighted by Gasteiger charge is -2.15. The zero-order valence-corrected chi connectivity index (χ0v) is 19.0. The van der Waals surface area contributed by atoms with Gasteiger partial charge in [0.15, 0.2) is 16.5 Å². The van der Waals surface area contributed by atoms with E-state index in [2.05, 4.69) is 10.3 Å². The van der Waals surface area contributed by atoms with Crippen molar-refractivity contribution in [3.63, 3.8) is 0 Å². The van der Waals surface area contributed by atoms with Gasteiger partial charge in [0.2, 0.25) is 15.9 Å². The van der Waals surface area contributed by atoms with Gasteiger partial charge < -0.3 is 14.2 Å². The minimum absolute atomic E-state index is 0.0119. The molecular weight excluding hydrogens is 468 g/mol. The van der Waals surface area contributed by atoms with Crippen LogP contribution in [-0.4, -0.2) is 41.3 Å². The summed E-state index contributed by atoms with van der Waals surface area (Å²) in [6.45, 7) is 1.05. The first-order valence-electron chi connectivity index (χ1n) is 10.3. The molecule has 0 bridgehead atoms. The van der Waals surface area contributed by atoms with Gasteiger partial charge in [-0.15, -0.1) is 11.3 Å². The number of furan rings is 1. The number of aryl methyl sites for hydroxylation is 1. The summed E-state index contributed by atoms with van der Waals surface area (Å²) in [5, 5.41) is 4.91. The molecule has 0 saturated carbocycles. The fourth-order valence-corrected chi connectivity index (χ4v) is 6.01. The van der Waals surface area contributed by atoms with E-state index in [1.807, 2.05) is 0 Å². The average Bonchev–Trinajstić information content (AvgIpc) is 3.59. The van der Waals surface area contributed by atoms with Crippen LogP contribution in [-0.2, 0) is 21.4 Å². The van der Waals surface area contributed by atoms with Gasteiger partial charge in [-0.2, -0.15) is 4.31 Å². The van der Waals surface area contributed by atoms with Crippen molar-refractivity contribution in [1.29, 1.82) is 0 Å². The number of fused-ring (bicyclic) bond motifs is 1. The third-order valence-electron chi connectivity index (χ3n) is 5.43. The number of benzene rings is 1. The Balaban J connectivity index is 1.28. The molecule has 0 radical (unpaired) electrons. The Labute approximate surface area is 192 Å². The fraction of sp³-hybridized carbons (Fsp3) is 0.286. The van der Waals surface area contributed by atoms with Gasteiger partial charge in [-0.05, 0) is 37.1 Å². The number of anilines is 1. The van der Waals surface area contributed by atoms with Crippen LogP contribution >= 0.6 is 11.3 Å². The molecule has 0 spiro atoms. The van der Waals surface area contributed by atoms with E-state index in [-0.39, 0.29) is 29.4 Å². The van der Waals surface area contributed by atoms with Crippen LogP contribution in [0.4, 0.5) is 5.13 Å². The number of hydrogen-bond donors (Lipinski definition) is 1. The first-order chi connectivity index (χ1) is 15.9. The first kappa shape index (κ1) is 21.6. The molecule has 0 unspecified atom stereocenters. The molecule has 1 aliphatic rings. The zero-order valence-electron chi connectivity index (χ0n) is 17.4. The van der Waals surface area contributed by atoms with E-state index in [1.165, 1.54) is 38.4 Å². The van der Waals surface area contributed by atoms with Gasteiger partial charge in [0.05, 0.1) is 16.7 Å². The molecule has 4 aromatic rings. The highest BCUT2D eigenvalue weighted by atomic mass is 32.2. The van der Waals surface area contributed by atoms with Gasteiger partial charge in [0.1, 0.15) is 5.69 Å². The average molecular weight is 489 g/mol. The van der Waals surface area contributed by atoms with Gasteiger partial charge in [0.25, 0.3) is 0 Å². The lowest BCUT2D eigenvalue weighted by Crippen LogP contribution is -2.27. The van der Waals surface area contributed by atoms with Crippen molar-refractivity contribution >= 4 is 43.5 Å². The summed E-state index contributed by atoms with van der Waals surface area (Å²) < 4.78 is 38.8. The van der Waals surface area contributed by atoms with E-state index in [1.54, 1.807) is 23.8 Å². The molecular formula is C21H20N4O6S2. The van der Waals surface area contributed by atoms with E-state index in [0.29, 0.717) is 35.2 Å². The number of aromatic nitrogens is 2. The van der Waals surface area contributed by atoms with Crippen molar-refractivity contribution in [3.05, 3.63) is 52.5 Å². The minimum atomic E-state index is -3.62. The van der Waals surface area contributed by atoms with Crippen molar-refractivity contribution < 1.29 is 22.0 Å². The Bertz CT molecular complexity index is 1460. The maximum absolute atomic E-state index is 12.8. The Morgan fingerprint density at radius 1 is 1.21 bits per heavy atom. The highest BCUT2D eigenvalue weighted by molar-refractivity contribution is 7.89. The third kappa shape index (κ3) is 4.24. The van der Waals surface area contributed by atoms with Gasteiger partial charge in [-0.1, -0.05) is 0 Å². The Morgan fingerprint density at radius 3 is 2.79 bits per heavy atom. The van der Waals surface area contributed by atoms with Crippen LogP contribution in [0.15, 0.2) is 60.5 Å². The number of nitrogens with one attached hydrogen (secondary N) is 1. The molecule has 1 aliphatic heterocycles. The smallest absolute Gasteiger partial charge is 0.419 e. The summed E-state index contributed by atoms with van der Waals surface area (Å²) in [6.07, 6.45) is 3.23. The molecule has 1 saturated heterocycles. The Hall–Kier alpha value is -3.22. The highest BCUT2D eigenvalue weighted by Gasteiger charge is 2.28. The van der Waals surface area contributed by atoms with Crippen molar-refractivity contribution in [3.8, 4) is 11.5 Å². The van der Waals surface area contributed by atoms with Crippen LogP contribution in [0.5, 0.6) is 0 Å². The molecule has 10 nitrogen and oxygen atoms in total. The maximum Gasteiger partial charge on any atom is 0.419 e. The second-order valence-corrected chi connectivity index (χ2v) is 10.4. The lowest BCUT2D eigenvalue weighted by atomic mass is 10.3. The van der Waals surface area contributed by atoms with E-state index in [4.69, 9.17) is 8.83 Å². The molecule has 33 heavy (non-hydrogen) atoms. The SMILES string of the molecule is O=C(CCn1c(=O)oc2cc(S(=O)(=O)N3CCCC3)ccc21)Nc1nc(-c2ccco2)cs1. The van der Waals surface area contributed by atoms with Gasteiger partial charge >= 0.3 is 5.76 Å². The highest BCUT2D eigenvalue weighted by Crippen LogP contribution is 2.26. The van der Waals surface area contributed by atoms with Crippen LogP contribution in [0.2, 0.25) is 0 Å². The first-order valence-corrected chi connectivity index (χ1v) is 12.7. The van der Waals surface area contributed by atoms with Crippen molar-refractivity contribution in [2.75, 3.05) is 18.4 Å². The van der Waals surface area contributed by atoms with E-state index in [0.717, 1.165) is 12.8 Å². The van der Waals surface area contributed by atoms with E-state index >= 15 is 0 Å². The second kappa shape index (κ2) is 8.61. The topological polar surface area (TPSA) is 128 Å². The molecule has 1 fully saturated rings. The van der Waals surface area contributed by atoms with E-state index in [9.17, 15) is 18.0 Å². The van der Waals surface area contributed by atoms with Crippen LogP contribution in [0.1, 0.15) is 19.3 Å². The Kier molecular flexibility index (Phi) is 5.64. The molecule has 0 aliphatic carbocycles. The van der Waals surface area contributed by atoms with Crippen LogP contribution in [0.25, 0.3) is 22.6 Å². The third-order valence-corrected chi connectivity index (χ3v) is 8.08. The fourth-order valence-electron chi connectivity index (χ4n) is 3.76. The number of nitrogens with zero attached hydrogens (tertiary/aromatic N) is 3. The van der Waals surface area contributed by atoms with Crippen LogP contribution in [0, 0.1) is 0 Å². The number of hydrogen-bond acceptors (Lipinski definition) is 8. The van der Waals surface area contributed by atoms with Crippen LogP contribution < -0.4 is 11.1 Å². The molecule has 12 heteroatoms. The van der Waals surface area contributed by atoms with Crippen LogP contribution in [0.3, 0.4) is 0 Å². The number of oxazole rings is 1. The Morgan fingerprint density at radius 2 is 2.03 bits per heavy atom. The van der Waals surface area contributed by atoms with Gasteiger partial charge in [-0.3, -0.25) is 9.36 Å². The second-order valence-electron chi connectivity index (χ2n) is 7.57. The number of thiazole rings is 1. The minimum Gasteiger partial charge on any atom is -0.463 e. The summed E-state index contributed by atoms with van der Waals surface area (Å²) in [4.78, 5) is 29.1. The largest absolute Gasteiger partial charge is 0.463 e. The molecule has 172 valence electrons. The molecule has 1 amide bonds. The van der Waals surface area contributed by atoms with Gasteiger partial charge in [0, 0.05) is 37.5 Å². The lowest BCUT2D eigenvalue weighted by molar-refractivity contribution is -0.116. The van der Waals surface area contributed by atoms with Crippen molar-refractivity contribution in [1.82, 2.24) is 13.9 Å². The summed E-state index contributed by atoms with van der Waals surface area (Å²) in [6, 6.07) is 7.90. The molecule has 1 N–H and O–H groups in total. The monoisotopic (exact) mass is 488 g/mol. The normalized spacial score (nSPS) is 14.8. The summed E-state index contributed by atoms with van der Waals surface area (Å²) in [5.41, 5.74) is 1.23. The predicted octanol–water partition coefficient (Wildman–Crippen LogP) is 3.12. The molecule has 3 aromatic heterocycles. The van der Waals surface area contributed by atoms with Crippen molar-refractivity contribution in [2.24, 2.45) is 0 Å². The number of rotatable bonds is 7. The predicted molar refractivity (Wildman–Crippen MR) is 122 cm³/mol. The summed E-state index contributed by atoms with van der Waals surface area (Å²) in [5.74, 6) is -0.359. The molecule has 0 atom stereocenters. The number of amides is 1. The van der Waals surface area contributed by atoms with Gasteiger partial charge in [-0.25, -0.2) is 18.2 Å². The van der Waals surface area contributed by atoms with E-state index < -0.39 is 15.8 Å². The summed E-state index contributed by atoms with van der Waals surface area (Å²) in [7, 11) is -3.62. The maximum atomic E-state index is 12.8. The summed E-state index contributed by atoms with van der Waals surface area (Å²) >= 11 is 1.27. The number of carbonyl (C=O) groups is 1. The molecule has 4 heterocycles. The molecule has 5 rings (SSSR count). The quantitative estimate of drug-likeness (QED) is 0.423. The molecule has 1 aromatic carbocycles. The standard InChI is InChI=1S/C21H20N4O6S2/c26-19(23-20-22-15(13-32-20)17-4-3-11-30-17)7-10-25-16-6-5-14(12-18(16)31-21(25)27)33(28,29)24-8-1-2-9-24/h3-6,11-13H,1-2,7-10H2,(H,22,23,26). The number of carbonyl (C=O) groups excluding carboxylic acids is 1.